The van der Waals surface area contributed by atoms with Gasteiger partial charge in [0.25, 0.3) is 10.0 Å². The second-order valence-electron chi connectivity index (χ2n) is 9.92. The molecule has 3 aromatic carbocycles. The molecule has 0 fully saturated rings. The van der Waals surface area contributed by atoms with Crippen LogP contribution in [0.25, 0.3) is 0 Å². The molecule has 180 valence electrons. The standard InChI is InChI=1S/C27H31FN2O3S/c1-27(2,3)22-7-4-19(5-8-22)12-14-30-15-13-20-16-24(10-6-21(20)18-30)34(32,33)29-26-11-9-23(31)17-25(26)28/h4-11,16-17,29,31H,12-15,18H2,1-3H3. The summed E-state index contributed by atoms with van der Waals surface area (Å²) >= 11 is 0. The fourth-order valence-corrected chi connectivity index (χ4v) is 5.31. The molecule has 1 aliphatic rings. The molecule has 0 aromatic heterocycles. The number of phenols is 1. The zero-order valence-electron chi connectivity index (χ0n) is 19.8. The molecule has 0 radical (unpaired) electrons. The van der Waals surface area contributed by atoms with Gasteiger partial charge in [-0.15, -0.1) is 0 Å². The van der Waals surface area contributed by atoms with E-state index in [1.807, 2.05) is 6.07 Å². The minimum Gasteiger partial charge on any atom is -0.508 e. The molecule has 0 bridgehead atoms. The third-order valence-corrected chi connectivity index (χ3v) is 7.68. The van der Waals surface area contributed by atoms with E-state index in [-0.39, 0.29) is 21.7 Å². The highest BCUT2D eigenvalue weighted by atomic mass is 32.2. The van der Waals surface area contributed by atoms with E-state index < -0.39 is 15.8 Å². The summed E-state index contributed by atoms with van der Waals surface area (Å²) in [5, 5.41) is 9.33. The summed E-state index contributed by atoms with van der Waals surface area (Å²) in [5.41, 5.74) is 4.71. The first kappa shape index (κ1) is 24.2. The zero-order valence-corrected chi connectivity index (χ0v) is 20.6. The van der Waals surface area contributed by atoms with Crippen LogP contribution in [0.3, 0.4) is 0 Å². The van der Waals surface area contributed by atoms with Gasteiger partial charge in [-0.1, -0.05) is 51.1 Å². The van der Waals surface area contributed by atoms with E-state index in [0.717, 1.165) is 49.7 Å². The van der Waals surface area contributed by atoms with Crippen molar-refractivity contribution in [1.29, 1.82) is 0 Å². The van der Waals surface area contributed by atoms with Crippen LogP contribution in [0.1, 0.15) is 43.0 Å². The van der Waals surface area contributed by atoms with Crippen LogP contribution in [-0.4, -0.2) is 31.5 Å². The van der Waals surface area contributed by atoms with Gasteiger partial charge in [0.1, 0.15) is 5.75 Å². The van der Waals surface area contributed by atoms with Gasteiger partial charge < -0.3 is 5.11 Å². The summed E-state index contributed by atoms with van der Waals surface area (Å²) < 4.78 is 41.8. The number of nitrogens with one attached hydrogen (secondary N) is 1. The molecule has 1 aliphatic heterocycles. The number of hydrogen-bond acceptors (Lipinski definition) is 4. The van der Waals surface area contributed by atoms with E-state index in [1.54, 1.807) is 12.1 Å². The van der Waals surface area contributed by atoms with Crippen molar-refractivity contribution in [1.82, 2.24) is 4.90 Å². The fraction of sp³-hybridized carbons (Fsp3) is 0.333. The third kappa shape index (κ3) is 5.59. The van der Waals surface area contributed by atoms with Gasteiger partial charge in [-0.25, -0.2) is 12.8 Å². The first-order valence-corrected chi connectivity index (χ1v) is 12.9. The van der Waals surface area contributed by atoms with Crippen LogP contribution >= 0.6 is 0 Å². The number of aromatic hydroxyl groups is 1. The van der Waals surface area contributed by atoms with Crippen LogP contribution in [0, 0.1) is 5.82 Å². The Hall–Kier alpha value is -2.90. The minimum atomic E-state index is -3.94. The SMILES string of the molecule is CC(C)(C)c1ccc(CCN2CCc3cc(S(=O)(=O)Nc4ccc(O)cc4F)ccc3C2)cc1. The van der Waals surface area contributed by atoms with E-state index in [0.29, 0.717) is 0 Å². The first-order chi connectivity index (χ1) is 16.0. The van der Waals surface area contributed by atoms with Gasteiger partial charge in [0.15, 0.2) is 5.82 Å². The topological polar surface area (TPSA) is 69.6 Å². The maximum atomic E-state index is 14.0. The summed E-state index contributed by atoms with van der Waals surface area (Å²) in [7, 11) is -3.94. The highest BCUT2D eigenvalue weighted by Gasteiger charge is 2.22. The molecule has 34 heavy (non-hydrogen) atoms. The van der Waals surface area contributed by atoms with Crippen LogP contribution in [0.5, 0.6) is 5.75 Å². The molecule has 0 unspecified atom stereocenters. The maximum absolute atomic E-state index is 14.0. The number of phenolic OH excluding ortho intramolecular Hbond substituents is 1. The van der Waals surface area contributed by atoms with Crippen molar-refractivity contribution in [2.24, 2.45) is 0 Å². The maximum Gasteiger partial charge on any atom is 0.261 e. The van der Waals surface area contributed by atoms with Gasteiger partial charge in [0.2, 0.25) is 0 Å². The Labute approximate surface area is 201 Å². The normalized spacial score (nSPS) is 14.6. The molecule has 1 heterocycles. The molecule has 0 aliphatic carbocycles. The second-order valence-corrected chi connectivity index (χ2v) is 11.6. The summed E-state index contributed by atoms with van der Waals surface area (Å²) in [4.78, 5) is 2.49. The number of fused-ring (bicyclic) bond motifs is 1. The van der Waals surface area contributed by atoms with E-state index in [2.05, 4.69) is 54.7 Å². The minimum absolute atomic E-state index is 0.103. The van der Waals surface area contributed by atoms with Crippen molar-refractivity contribution in [2.45, 2.75) is 50.5 Å². The highest BCUT2D eigenvalue weighted by Crippen LogP contribution is 2.27. The lowest BCUT2D eigenvalue weighted by Gasteiger charge is -2.29. The molecular formula is C27H31FN2O3S. The summed E-state index contributed by atoms with van der Waals surface area (Å²) in [5.74, 6) is -1.09. The lowest BCUT2D eigenvalue weighted by molar-refractivity contribution is 0.257. The van der Waals surface area contributed by atoms with E-state index in [4.69, 9.17) is 0 Å². The van der Waals surface area contributed by atoms with Gasteiger partial charge in [0, 0.05) is 25.7 Å². The lowest BCUT2D eigenvalue weighted by Crippen LogP contribution is -2.32. The van der Waals surface area contributed by atoms with E-state index >= 15 is 0 Å². The Bertz CT molecular complexity index is 1280. The van der Waals surface area contributed by atoms with E-state index in [9.17, 15) is 17.9 Å². The van der Waals surface area contributed by atoms with Crippen molar-refractivity contribution >= 4 is 15.7 Å². The van der Waals surface area contributed by atoms with Crippen LogP contribution in [-0.2, 0) is 34.8 Å². The number of sulfonamides is 1. The largest absolute Gasteiger partial charge is 0.508 e. The molecule has 7 heteroatoms. The number of benzene rings is 3. The van der Waals surface area contributed by atoms with Crippen LogP contribution in [0.4, 0.5) is 10.1 Å². The Morgan fingerprint density at radius 3 is 2.41 bits per heavy atom. The van der Waals surface area contributed by atoms with Crippen molar-refractivity contribution in [3.8, 4) is 5.75 Å². The van der Waals surface area contributed by atoms with Crippen molar-refractivity contribution < 1.29 is 17.9 Å². The summed E-state index contributed by atoms with van der Waals surface area (Å²) in [6, 6.07) is 17.2. The molecule has 0 atom stereocenters. The molecule has 0 amide bonds. The predicted molar refractivity (Wildman–Crippen MR) is 133 cm³/mol. The molecule has 4 rings (SSSR count). The number of hydrogen-bond donors (Lipinski definition) is 2. The highest BCUT2D eigenvalue weighted by molar-refractivity contribution is 7.92. The van der Waals surface area contributed by atoms with Crippen molar-refractivity contribution in [2.75, 3.05) is 17.8 Å². The Kier molecular flexibility index (Phi) is 6.69. The number of anilines is 1. The summed E-state index contributed by atoms with van der Waals surface area (Å²) in [6.45, 7) is 9.21. The molecule has 5 nitrogen and oxygen atoms in total. The summed E-state index contributed by atoms with van der Waals surface area (Å²) in [6.07, 6.45) is 1.73. The molecule has 2 N–H and O–H groups in total. The van der Waals surface area contributed by atoms with Gasteiger partial charge in [-0.3, -0.25) is 9.62 Å². The van der Waals surface area contributed by atoms with Crippen molar-refractivity contribution in [3.63, 3.8) is 0 Å². The van der Waals surface area contributed by atoms with Crippen LogP contribution in [0.15, 0.2) is 65.6 Å². The Morgan fingerprint density at radius 2 is 1.74 bits per heavy atom. The first-order valence-electron chi connectivity index (χ1n) is 11.5. The van der Waals surface area contributed by atoms with Crippen molar-refractivity contribution in [3.05, 3.63) is 88.7 Å². The predicted octanol–water partition coefficient (Wildman–Crippen LogP) is 5.23. The molecule has 0 saturated heterocycles. The number of nitrogens with zero attached hydrogens (tertiary/aromatic N) is 1. The number of rotatable bonds is 6. The molecule has 0 saturated carbocycles. The molecule has 0 spiro atoms. The smallest absolute Gasteiger partial charge is 0.261 e. The Morgan fingerprint density at radius 1 is 1.00 bits per heavy atom. The third-order valence-electron chi connectivity index (χ3n) is 6.31. The second kappa shape index (κ2) is 9.39. The van der Waals surface area contributed by atoms with Gasteiger partial charge in [0.05, 0.1) is 10.6 Å². The Balaban J connectivity index is 1.40. The fourth-order valence-electron chi connectivity index (χ4n) is 4.19. The van der Waals surface area contributed by atoms with E-state index in [1.165, 1.54) is 23.3 Å². The monoisotopic (exact) mass is 482 g/mol. The van der Waals surface area contributed by atoms with Crippen LogP contribution in [0.2, 0.25) is 0 Å². The quantitative estimate of drug-likeness (QED) is 0.472. The van der Waals surface area contributed by atoms with Crippen LogP contribution < -0.4 is 4.72 Å². The average Bonchev–Trinajstić information content (AvgIpc) is 2.79. The van der Waals surface area contributed by atoms with Gasteiger partial charge in [-0.05, 0) is 64.8 Å². The van der Waals surface area contributed by atoms with Gasteiger partial charge >= 0.3 is 0 Å². The van der Waals surface area contributed by atoms with Gasteiger partial charge in [-0.2, -0.15) is 0 Å². The lowest BCUT2D eigenvalue weighted by atomic mass is 9.86. The average molecular weight is 483 g/mol. The number of halogens is 1. The molecular weight excluding hydrogens is 451 g/mol. The molecule has 3 aromatic rings. The zero-order chi connectivity index (χ0) is 24.5.